The van der Waals surface area contributed by atoms with Crippen molar-refractivity contribution in [3.63, 3.8) is 0 Å². The van der Waals surface area contributed by atoms with E-state index in [0.717, 1.165) is 0 Å². The summed E-state index contributed by atoms with van der Waals surface area (Å²) in [6, 6.07) is 4.87. The highest BCUT2D eigenvalue weighted by Gasteiger charge is 2.20. The van der Waals surface area contributed by atoms with Gasteiger partial charge in [0.05, 0.1) is 6.61 Å². The van der Waals surface area contributed by atoms with E-state index in [2.05, 4.69) is 4.98 Å². The van der Waals surface area contributed by atoms with Crippen LogP contribution < -0.4 is 0 Å². The highest BCUT2D eigenvalue weighted by atomic mass is 16.6. The molecular weight excluding hydrogens is 210 g/mol. The molecule has 1 unspecified atom stereocenters. The molecule has 0 fully saturated rings. The quantitative estimate of drug-likeness (QED) is 0.717. The predicted octanol–water partition coefficient (Wildman–Crippen LogP) is 1.19. The van der Waals surface area contributed by atoms with Crippen molar-refractivity contribution >= 4 is 11.9 Å². The molecule has 0 saturated carbocycles. The fourth-order valence-electron chi connectivity index (χ4n) is 1.01. The van der Waals surface area contributed by atoms with E-state index in [0.29, 0.717) is 0 Å². The average molecular weight is 223 g/mol. The predicted molar refractivity (Wildman–Crippen MR) is 55.7 cm³/mol. The number of pyridine rings is 1. The van der Waals surface area contributed by atoms with Gasteiger partial charge >= 0.3 is 11.9 Å². The number of ether oxygens (including phenoxy) is 2. The van der Waals surface area contributed by atoms with Gasteiger partial charge in [0, 0.05) is 6.20 Å². The van der Waals surface area contributed by atoms with Crippen molar-refractivity contribution in [3.05, 3.63) is 30.1 Å². The Bertz CT molecular complexity index is 364. The molecule has 5 nitrogen and oxygen atoms in total. The third kappa shape index (κ3) is 3.34. The van der Waals surface area contributed by atoms with Crippen LogP contribution in [0.15, 0.2) is 24.4 Å². The Morgan fingerprint density at radius 2 is 2.19 bits per heavy atom. The average Bonchev–Trinajstić information content (AvgIpc) is 2.30. The van der Waals surface area contributed by atoms with Crippen molar-refractivity contribution < 1.29 is 19.1 Å². The van der Waals surface area contributed by atoms with Crippen molar-refractivity contribution in [2.75, 3.05) is 6.61 Å². The van der Waals surface area contributed by atoms with Crippen LogP contribution in [0.4, 0.5) is 0 Å². The van der Waals surface area contributed by atoms with Gasteiger partial charge in [0.25, 0.3) is 0 Å². The Morgan fingerprint density at radius 1 is 1.44 bits per heavy atom. The van der Waals surface area contributed by atoms with Gasteiger partial charge in [-0.05, 0) is 26.0 Å². The van der Waals surface area contributed by atoms with Crippen LogP contribution in [0.2, 0.25) is 0 Å². The van der Waals surface area contributed by atoms with Crippen LogP contribution >= 0.6 is 0 Å². The molecule has 0 bridgehead atoms. The SMILES string of the molecule is CCOC(=O)C(C)OC(=O)c1ccccn1. The summed E-state index contributed by atoms with van der Waals surface area (Å²) in [5.41, 5.74) is 0.165. The first-order valence-corrected chi connectivity index (χ1v) is 4.93. The molecule has 0 spiro atoms. The lowest BCUT2D eigenvalue weighted by atomic mass is 10.3. The van der Waals surface area contributed by atoms with Gasteiger partial charge in [-0.1, -0.05) is 6.07 Å². The van der Waals surface area contributed by atoms with Gasteiger partial charge in [0.1, 0.15) is 5.69 Å². The molecule has 1 atom stereocenters. The molecule has 1 heterocycles. The number of hydrogen-bond acceptors (Lipinski definition) is 5. The van der Waals surface area contributed by atoms with Gasteiger partial charge in [-0.25, -0.2) is 14.6 Å². The lowest BCUT2D eigenvalue weighted by Crippen LogP contribution is -2.26. The second-order valence-electron chi connectivity index (χ2n) is 3.01. The first kappa shape index (κ1) is 12.2. The van der Waals surface area contributed by atoms with E-state index in [9.17, 15) is 9.59 Å². The molecule has 86 valence electrons. The first-order valence-electron chi connectivity index (χ1n) is 4.93. The standard InChI is InChI=1S/C11H13NO4/c1-3-15-10(13)8(2)16-11(14)9-6-4-5-7-12-9/h4-8H,3H2,1-2H3. The number of aromatic nitrogens is 1. The van der Waals surface area contributed by atoms with Crippen LogP contribution in [0.1, 0.15) is 24.3 Å². The van der Waals surface area contributed by atoms with Gasteiger partial charge in [-0.3, -0.25) is 0 Å². The maximum absolute atomic E-state index is 11.5. The molecule has 16 heavy (non-hydrogen) atoms. The van der Waals surface area contributed by atoms with Crippen molar-refractivity contribution in [3.8, 4) is 0 Å². The van der Waals surface area contributed by atoms with Crippen molar-refractivity contribution in [2.45, 2.75) is 20.0 Å². The topological polar surface area (TPSA) is 65.5 Å². The monoisotopic (exact) mass is 223 g/mol. The molecule has 0 N–H and O–H groups in total. The number of hydrogen-bond donors (Lipinski definition) is 0. The third-order valence-corrected chi connectivity index (χ3v) is 1.78. The summed E-state index contributed by atoms with van der Waals surface area (Å²) in [6.07, 6.45) is 0.556. The molecule has 0 radical (unpaired) electrons. The van der Waals surface area contributed by atoms with Gasteiger partial charge in [0.2, 0.25) is 0 Å². The lowest BCUT2D eigenvalue weighted by molar-refractivity contribution is -0.152. The second kappa shape index (κ2) is 5.85. The summed E-state index contributed by atoms with van der Waals surface area (Å²) in [5.74, 6) is -1.20. The molecule has 0 aliphatic rings. The summed E-state index contributed by atoms with van der Waals surface area (Å²) in [6.45, 7) is 3.40. The summed E-state index contributed by atoms with van der Waals surface area (Å²) >= 11 is 0. The minimum absolute atomic E-state index is 0.165. The van der Waals surface area contributed by atoms with Gasteiger partial charge < -0.3 is 9.47 Å². The minimum Gasteiger partial charge on any atom is -0.463 e. The zero-order valence-corrected chi connectivity index (χ0v) is 9.17. The Kier molecular flexibility index (Phi) is 4.44. The third-order valence-electron chi connectivity index (χ3n) is 1.78. The highest BCUT2D eigenvalue weighted by molar-refractivity contribution is 5.89. The van der Waals surface area contributed by atoms with Crippen LogP contribution in [0.25, 0.3) is 0 Å². The molecule has 0 aliphatic heterocycles. The Balaban J connectivity index is 2.55. The summed E-state index contributed by atoms with van der Waals surface area (Å²) in [4.78, 5) is 26.5. The molecule has 1 aromatic rings. The van der Waals surface area contributed by atoms with E-state index >= 15 is 0 Å². The van der Waals surface area contributed by atoms with Gasteiger partial charge in [-0.15, -0.1) is 0 Å². The molecule has 0 aliphatic carbocycles. The van der Waals surface area contributed by atoms with Gasteiger partial charge in [0.15, 0.2) is 6.10 Å². The van der Waals surface area contributed by atoms with Crippen LogP contribution in [-0.2, 0) is 14.3 Å². The number of esters is 2. The van der Waals surface area contributed by atoms with E-state index in [1.807, 2.05) is 0 Å². The number of rotatable bonds is 4. The summed E-state index contributed by atoms with van der Waals surface area (Å²) < 4.78 is 9.58. The molecule has 1 aromatic heterocycles. The van der Waals surface area contributed by atoms with Crippen molar-refractivity contribution in [1.29, 1.82) is 0 Å². The van der Waals surface area contributed by atoms with Crippen LogP contribution in [0.3, 0.4) is 0 Å². The van der Waals surface area contributed by atoms with Crippen LogP contribution in [-0.4, -0.2) is 29.6 Å². The minimum atomic E-state index is -0.922. The van der Waals surface area contributed by atoms with Crippen LogP contribution in [0, 0.1) is 0 Å². The fraction of sp³-hybridized carbons (Fsp3) is 0.364. The zero-order valence-electron chi connectivity index (χ0n) is 9.17. The molecular formula is C11H13NO4. The molecule has 0 amide bonds. The smallest absolute Gasteiger partial charge is 0.357 e. The summed E-state index contributed by atoms with van der Waals surface area (Å²) in [5, 5.41) is 0. The number of carbonyl (C=O) groups excluding carboxylic acids is 2. The lowest BCUT2D eigenvalue weighted by Gasteiger charge is -2.11. The molecule has 0 saturated heterocycles. The Hall–Kier alpha value is -1.91. The van der Waals surface area contributed by atoms with E-state index < -0.39 is 18.0 Å². The first-order chi connectivity index (χ1) is 7.65. The normalized spacial score (nSPS) is 11.6. The second-order valence-corrected chi connectivity index (χ2v) is 3.01. The van der Waals surface area contributed by atoms with Gasteiger partial charge in [-0.2, -0.15) is 0 Å². The molecule has 5 heteroatoms. The fourth-order valence-corrected chi connectivity index (χ4v) is 1.01. The number of nitrogens with zero attached hydrogens (tertiary/aromatic N) is 1. The zero-order chi connectivity index (χ0) is 12.0. The molecule has 1 rings (SSSR count). The Morgan fingerprint density at radius 3 is 2.75 bits per heavy atom. The molecule has 0 aromatic carbocycles. The number of carbonyl (C=O) groups is 2. The largest absolute Gasteiger partial charge is 0.463 e. The maximum Gasteiger partial charge on any atom is 0.357 e. The van der Waals surface area contributed by atoms with Crippen molar-refractivity contribution in [2.24, 2.45) is 0 Å². The van der Waals surface area contributed by atoms with Crippen LogP contribution in [0.5, 0.6) is 0 Å². The maximum atomic E-state index is 11.5. The van der Waals surface area contributed by atoms with E-state index in [1.165, 1.54) is 19.2 Å². The van der Waals surface area contributed by atoms with Crippen molar-refractivity contribution in [1.82, 2.24) is 4.98 Å². The highest BCUT2D eigenvalue weighted by Crippen LogP contribution is 2.02. The Labute approximate surface area is 93.4 Å². The van der Waals surface area contributed by atoms with E-state index in [1.54, 1.807) is 19.1 Å². The summed E-state index contributed by atoms with van der Waals surface area (Å²) in [7, 11) is 0. The van der Waals surface area contributed by atoms with E-state index in [-0.39, 0.29) is 12.3 Å². The van der Waals surface area contributed by atoms with E-state index in [4.69, 9.17) is 9.47 Å².